The number of rotatable bonds is 4. The molecule has 0 heterocycles. The number of hydrogen-bond acceptors (Lipinski definition) is 3. The average Bonchev–Trinajstić information content (AvgIpc) is 2.47. The third kappa shape index (κ3) is 2.33. The van der Waals surface area contributed by atoms with Crippen molar-refractivity contribution in [2.75, 3.05) is 6.26 Å². The predicted molar refractivity (Wildman–Crippen MR) is 73.7 cm³/mol. The van der Waals surface area contributed by atoms with Crippen molar-refractivity contribution in [1.29, 1.82) is 0 Å². The zero-order valence-electron chi connectivity index (χ0n) is 10.0. The highest BCUT2D eigenvalue weighted by Crippen LogP contribution is 2.28. The van der Waals surface area contributed by atoms with Crippen molar-refractivity contribution in [2.45, 2.75) is 10.5 Å². The highest BCUT2D eigenvalue weighted by atomic mass is 32.2. The van der Waals surface area contributed by atoms with E-state index in [2.05, 4.69) is 0 Å². The maximum Gasteiger partial charge on any atom is 0.170 e. The van der Waals surface area contributed by atoms with E-state index in [0.717, 1.165) is 4.90 Å². The lowest BCUT2D eigenvalue weighted by Gasteiger charge is -2.23. The SMILES string of the molecule is CSc1ccc(C(O)(C=O)c2ccccc2)cc1. The van der Waals surface area contributed by atoms with Gasteiger partial charge in [0, 0.05) is 4.90 Å². The maximum absolute atomic E-state index is 11.3. The number of benzene rings is 2. The summed E-state index contributed by atoms with van der Waals surface area (Å²) in [6, 6.07) is 16.3. The molecule has 2 aromatic carbocycles. The zero-order chi connectivity index (χ0) is 13.0. The summed E-state index contributed by atoms with van der Waals surface area (Å²) < 4.78 is 0. The Morgan fingerprint density at radius 1 is 1.00 bits per heavy atom. The van der Waals surface area contributed by atoms with Crippen LogP contribution in [0.5, 0.6) is 0 Å². The fraction of sp³-hybridized carbons (Fsp3) is 0.133. The molecule has 0 saturated carbocycles. The average molecular weight is 258 g/mol. The van der Waals surface area contributed by atoms with E-state index >= 15 is 0 Å². The molecule has 0 spiro atoms. The molecule has 0 bridgehead atoms. The van der Waals surface area contributed by atoms with E-state index in [4.69, 9.17) is 0 Å². The molecule has 0 aliphatic heterocycles. The fourth-order valence-electron chi connectivity index (χ4n) is 1.84. The van der Waals surface area contributed by atoms with Crippen LogP contribution in [-0.4, -0.2) is 17.6 Å². The first-order valence-corrected chi connectivity index (χ1v) is 6.82. The van der Waals surface area contributed by atoms with E-state index in [1.807, 2.05) is 24.5 Å². The van der Waals surface area contributed by atoms with Crippen molar-refractivity contribution in [3.05, 3.63) is 65.7 Å². The Morgan fingerprint density at radius 2 is 1.56 bits per heavy atom. The Bertz CT molecular complexity index is 522. The van der Waals surface area contributed by atoms with Gasteiger partial charge < -0.3 is 5.11 Å². The molecule has 0 aliphatic carbocycles. The Balaban J connectivity index is 2.46. The molecular weight excluding hydrogens is 244 g/mol. The van der Waals surface area contributed by atoms with E-state index in [9.17, 15) is 9.90 Å². The maximum atomic E-state index is 11.3. The molecule has 0 radical (unpaired) electrons. The second-order valence-corrected chi connectivity index (χ2v) is 4.86. The molecule has 2 nitrogen and oxygen atoms in total. The Labute approximate surface area is 111 Å². The van der Waals surface area contributed by atoms with Crippen LogP contribution in [-0.2, 0) is 10.4 Å². The molecule has 2 rings (SSSR count). The number of thioether (sulfide) groups is 1. The normalized spacial score (nSPS) is 13.9. The summed E-state index contributed by atoms with van der Waals surface area (Å²) in [5.74, 6) is 0. The zero-order valence-corrected chi connectivity index (χ0v) is 10.9. The molecule has 3 heteroatoms. The molecule has 0 aromatic heterocycles. The lowest BCUT2D eigenvalue weighted by atomic mass is 9.88. The summed E-state index contributed by atoms with van der Waals surface area (Å²) >= 11 is 1.62. The van der Waals surface area contributed by atoms with E-state index in [-0.39, 0.29) is 0 Å². The first-order valence-electron chi connectivity index (χ1n) is 5.59. The minimum atomic E-state index is -1.57. The first kappa shape index (κ1) is 12.9. The van der Waals surface area contributed by atoms with Gasteiger partial charge in [-0.05, 0) is 29.5 Å². The lowest BCUT2D eigenvalue weighted by molar-refractivity contribution is -0.121. The summed E-state index contributed by atoms with van der Waals surface area (Å²) in [6.45, 7) is 0. The molecule has 0 aliphatic rings. The van der Waals surface area contributed by atoms with Crippen LogP contribution in [0.15, 0.2) is 59.5 Å². The Morgan fingerprint density at radius 3 is 2.06 bits per heavy atom. The van der Waals surface area contributed by atoms with Crippen molar-refractivity contribution in [3.8, 4) is 0 Å². The van der Waals surface area contributed by atoms with Gasteiger partial charge in [0.15, 0.2) is 11.9 Å². The number of carbonyl (C=O) groups excluding carboxylic acids is 1. The topological polar surface area (TPSA) is 37.3 Å². The standard InChI is InChI=1S/C15H14O2S/c1-18-14-9-7-13(8-10-14)15(17,11-16)12-5-3-2-4-6-12/h2-11,17H,1H3. The summed E-state index contributed by atoms with van der Waals surface area (Å²) in [6.07, 6.45) is 2.56. The van der Waals surface area contributed by atoms with Crippen LogP contribution >= 0.6 is 11.8 Å². The summed E-state index contributed by atoms with van der Waals surface area (Å²) in [5, 5.41) is 10.6. The van der Waals surface area contributed by atoms with E-state index in [1.54, 1.807) is 48.2 Å². The third-order valence-electron chi connectivity index (χ3n) is 2.91. The van der Waals surface area contributed by atoms with Gasteiger partial charge in [0.2, 0.25) is 0 Å². The Hall–Kier alpha value is -1.58. The van der Waals surface area contributed by atoms with Crippen LogP contribution < -0.4 is 0 Å². The minimum Gasteiger partial charge on any atom is -0.373 e. The largest absolute Gasteiger partial charge is 0.373 e. The second-order valence-electron chi connectivity index (χ2n) is 3.98. The Kier molecular flexibility index (Phi) is 3.84. The molecule has 2 aromatic rings. The monoisotopic (exact) mass is 258 g/mol. The van der Waals surface area contributed by atoms with Crippen molar-refractivity contribution in [3.63, 3.8) is 0 Å². The van der Waals surface area contributed by atoms with Crippen LogP contribution in [0.4, 0.5) is 0 Å². The van der Waals surface area contributed by atoms with Crippen molar-refractivity contribution in [1.82, 2.24) is 0 Å². The summed E-state index contributed by atoms with van der Waals surface area (Å²) in [7, 11) is 0. The number of carbonyl (C=O) groups is 1. The van der Waals surface area contributed by atoms with Gasteiger partial charge in [0.05, 0.1) is 0 Å². The summed E-state index contributed by atoms with van der Waals surface area (Å²) in [4.78, 5) is 12.4. The first-order chi connectivity index (χ1) is 8.70. The molecule has 1 atom stereocenters. The highest BCUT2D eigenvalue weighted by molar-refractivity contribution is 7.98. The molecule has 1 N–H and O–H groups in total. The van der Waals surface area contributed by atoms with Gasteiger partial charge in [0.1, 0.15) is 0 Å². The molecule has 0 fully saturated rings. The second kappa shape index (κ2) is 5.38. The van der Waals surface area contributed by atoms with Gasteiger partial charge >= 0.3 is 0 Å². The van der Waals surface area contributed by atoms with Crippen LogP contribution in [0, 0.1) is 0 Å². The number of hydrogen-bond donors (Lipinski definition) is 1. The third-order valence-corrected chi connectivity index (χ3v) is 3.66. The van der Waals surface area contributed by atoms with Crippen LogP contribution in [0.3, 0.4) is 0 Å². The fourth-order valence-corrected chi connectivity index (χ4v) is 2.25. The van der Waals surface area contributed by atoms with Gasteiger partial charge in [0.25, 0.3) is 0 Å². The predicted octanol–water partition coefficient (Wildman–Crippen LogP) is 2.84. The van der Waals surface area contributed by atoms with Gasteiger partial charge in [-0.3, -0.25) is 4.79 Å². The molecule has 18 heavy (non-hydrogen) atoms. The van der Waals surface area contributed by atoms with Crippen molar-refractivity contribution < 1.29 is 9.90 Å². The van der Waals surface area contributed by atoms with Crippen LogP contribution in [0.2, 0.25) is 0 Å². The highest BCUT2D eigenvalue weighted by Gasteiger charge is 2.30. The number of aliphatic hydroxyl groups is 1. The van der Waals surface area contributed by atoms with Crippen LogP contribution in [0.1, 0.15) is 11.1 Å². The minimum absolute atomic E-state index is 0.580. The van der Waals surface area contributed by atoms with Gasteiger partial charge in [-0.1, -0.05) is 42.5 Å². The smallest absolute Gasteiger partial charge is 0.170 e. The quantitative estimate of drug-likeness (QED) is 0.677. The lowest BCUT2D eigenvalue weighted by Crippen LogP contribution is -2.28. The van der Waals surface area contributed by atoms with Crippen molar-refractivity contribution in [2.24, 2.45) is 0 Å². The molecule has 92 valence electrons. The van der Waals surface area contributed by atoms with E-state index in [1.165, 1.54) is 0 Å². The van der Waals surface area contributed by atoms with Gasteiger partial charge in [-0.25, -0.2) is 0 Å². The van der Waals surface area contributed by atoms with Crippen LogP contribution in [0.25, 0.3) is 0 Å². The molecule has 0 saturated heterocycles. The van der Waals surface area contributed by atoms with Gasteiger partial charge in [-0.15, -0.1) is 11.8 Å². The van der Waals surface area contributed by atoms with E-state index in [0.29, 0.717) is 17.4 Å². The molecule has 0 amide bonds. The molecule has 1 unspecified atom stereocenters. The number of aldehydes is 1. The van der Waals surface area contributed by atoms with Gasteiger partial charge in [-0.2, -0.15) is 0 Å². The van der Waals surface area contributed by atoms with Crippen molar-refractivity contribution >= 4 is 18.0 Å². The summed E-state index contributed by atoms with van der Waals surface area (Å²) in [5.41, 5.74) is -0.406. The van der Waals surface area contributed by atoms with E-state index < -0.39 is 5.60 Å². The molecular formula is C15H14O2S.